The van der Waals surface area contributed by atoms with Gasteiger partial charge in [0.15, 0.2) is 0 Å². The molecule has 100 valence electrons. The van der Waals surface area contributed by atoms with Crippen LogP contribution in [0.4, 0.5) is 0 Å². The van der Waals surface area contributed by atoms with Crippen molar-refractivity contribution in [2.45, 2.75) is 33.7 Å². The molecular formula is C14H21NO3. The van der Waals surface area contributed by atoms with E-state index in [-0.39, 0.29) is 0 Å². The fourth-order valence-electron chi connectivity index (χ4n) is 2.11. The summed E-state index contributed by atoms with van der Waals surface area (Å²) in [6, 6.07) is 1.16. The Labute approximate surface area is 108 Å². The Hall–Kier alpha value is -1.55. The Balaban J connectivity index is 3.25. The molecule has 0 saturated carbocycles. The Morgan fingerprint density at radius 2 is 1.94 bits per heavy atom. The van der Waals surface area contributed by atoms with Gasteiger partial charge in [0.05, 0.1) is 13.7 Å². The molecule has 4 nitrogen and oxygen atoms in total. The van der Waals surface area contributed by atoms with E-state index in [0.29, 0.717) is 6.61 Å². The van der Waals surface area contributed by atoms with Crippen LogP contribution in [0.3, 0.4) is 0 Å². The van der Waals surface area contributed by atoms with E-state index < -0.39 is 12.0 Å². The zero-order valence-electron chi connectivity index (χ0n) is 11.7. The van der Waals surface area contributed by atoms with Crippen LogP contribution in [0.15, 0.2) is 6.07 Å². The summed E-state index contributed by atoms with van der Waals surface area (Å²) < 4.78 is 10.3. The van der Waals surface area contributed by atoms with Crippen molar-refractivity contribution in [2.24, 2.45) is 5.73 Å². The predicted octanol–water partition coefficient (Wildman–Crippen LogP) is 2.18. The lowest BCUT2D eigenvalue weighted by molar-refractivity contribution is -0.144. The number of carbonyl (C=O) groups is 1. The van der Waals surface area contributed by atoms with Gasteiger partial charge in [-0.15, -0.1) is 0 Å². The highest BCUT2D eigenvalue weighted by Crippen LogP contribution is 2.30. The van der Waals surface area contributed by atoms with Gasteiger partial charge in [-0.25, -0.2) is 4.79 Å². The summed E-state index contributed by atoms with van der Waals surface area (Å²) in [5.41, 5.74) is 9.71. The van der Waals surface area contributed by atoms with Crippen LogP contribution in [0.5, 0.6) is 5.75 Å². The molecular weight excluding hydrogens is 230 g/mol. The van der Waals surface area contributed by atoms with Crippen molar-refractivity contribution in [2.75, 3.05) is 13.7 Å². The van der Waals surface area contributed by atoms with Crippen molar-refractivity contribution in [1.29, 1.82) is 0 Å². The molecule has 0 aliphatic carbocycles. The number of aryl methyl sites for hydroxylation is 1. The number of ether oxygens (including phenoxy) is 2. The lowest BCUT2D eigenvalue weighted by Gasteiger charge is -2.19. The zero-order chi connectivity index (χ0) is 13.9. The predicted molar refractivity (Wildman–Crippen MR) is 70.8 cm³/mol. The zero-order valence-corrected chi connectivity index (χ0v) is 11.7. The van der Waals surface area contributed by atoms with Gasteiger partial charge >= 0.3 is 5.97 Å². The number of benzene rings is 1. The molecule has 0 heterocycles. The number of methoxy groups -OCH3 is 1. The van der Waals surface area contributed by atoms with Gasteiger partial charge in [-0.05, 0) is 56.0 Å². The third-order valence-corrected chi connectivity index (χ3v) is 3.18. The highest BCUT2D eigenvalue weighted by Gasteiger charge is 2.23. The van der Waals surface area contributed by atoms with E-state index in [0.717, 1.165) is 28.0 Å². The number of nitrogens with two attached hydrogens (primary N) is 1. The van der Waals surface area contributed by atoms with E-state index in [1.165, 1.54) is 0 Å². The van der Waals surface area contributed by atoms with E-state index in [1.807, 2.05) is 26.8 Å². The fourth-order valence-corrected chi connectivity index (χ4v) is 2.11. The lowest BCUT2D eigenvalue weighted by Crippen LogP contribution is -2.25. The maximum Gasteiger partial charge on any atom is 0.327 e. The highest BCUT2D eigenvalue weighted by molar-refractivity contribution is 5.79. The van der Waals surface area contributed by atoms with Crippen molar-refractivity contribution in [3.05, 3.63) is 28.3 Å². The third-order valence-electron chi connectivity index (χ3n) is 3.18. The molecule has 2 N–H and O–H groups in total. The molecule has 0 saturated heterocycles. The van der Waals surface area contributed by atoms with E-state index >= 15 is 0 Å². The van der Waals surface area contributed by atoms with E-state index in [2.05, 4.69) is 0 Å². The number of hydrogen-bond acceptors (Lipinski definition) is 4. The molecule has 18 heavy (non-hydrogen) atoms. The Bertz CT molecular complexity index is 455. The molecule has 0 bridgehead atoms. The lowest BCUT2D eigenvalue weighted by atomic mass is 9.92. The molecule has 1 atom stereocenters. The highest BCUT2D eigenvalue weighted by atomic mass is 16.5. The second-order valence-electron chi connectivity index (χ2n) is 4.29. The Morgan fingerprint density at radius 1 is 1.33 bits per heavy atom. The molecule has 0 fully saturated rings. The summed E-state index contributed by atoms with van der Waals surface area (Å²) in [4.78, 5) is 11.7. The molecule has 1 aromatic rings. The maximum atomic E-state index is 11.7. The molecule has 0 spiro atoms. The van der Waals surface area contributed by atoms with Crippen molar-refractivity contribution in [1.82, 2.24) is 0 Å². The van der Waals surface area contributed by atoms with Gasteiger partial charge in [0.1, 0.15) is 11.8 Å². The van der Waals surface area contributed by atoms with Crippen LogP contribution >= 0.6 is 0 Å². The average molecular weight is 251 g/mol. The maximum absolute atomic E-state index is 11.7. The first kappa shape index (κ1) is 14.5. The second-order valence-corrected chi connectivity index (χ2v) is 4.29. The van der Waals surface area contributed by atoms with Crippen LogP contribution in [0, 0.1) is 20.8 Å². The molecule has 1 rings (SSSR count). The normalized spacial score (nSPS) is 12.1. The summed E-state index contributed by atoms with van der Waals surface area (Å²) in [5, 5.41) is 0. The fraction of sp³-hybridized carbons (Fsp3) is 0.500. The van der Waals surface area contributed by atoms with Gasteiger partial charge < -0.3 is 15.2 Å². The first-order valence-electron chi connectivity index (χ1n) is 6.00. The summed E-state index contributed by atoms with van der Waals surface area (Å²) >= 11 is 0. The van der Waals surface area contributed by atoms with Crippen LogP contribution < -0.4 is 10.5 Å². The summed E-state index contributed by atoms with van der Waals surface area (Å²) in [6.07, 6.45) is 0. The smallest absolute Gasteiger partial charge is 0.327 e. The van der Waals surface area contributed by atoms with Gasteiger partial charge in [0.25, 0.3) is 0 Å². The van der Waals surface area contributed by atoms with Gasteiger partial charge in [0, 0.05) is 0 Å². The Morgan fingerprint density at radius 3 is 2.44 bits per heavy atom. The molecule has 0 aromatic heterocycles. The van der Waals surface area contributed by atoms with Crippen LogP contribution in [-0.2, 0) is 9.53 Å². The van der Waals surface area contributed by atoms with Crippen LogP contribution in [0.25, 0.3) is 0 Å². The SMILES string of the molecule is CCOC(=O)C(N)c1c(C)cc(OC)c(C)c1C. The van der Waals surface area contributed by atoms with Crippen molar-refractivity contribution < 1.29 is 14.3 Å². The molecule has 1 unspecified atom stereocenters. The number of esters is 1. The average Bonchev–Trinajstić information content (AvgIpc) is 2.34. The molecule has 0 radical (unpaired) electrons. The quantitative estimate of drug-likeness (QED) is 0.833. The number of carbonyl (C=O) groups excluding carboxylic acids is 1. The molecule has 0 aliphatic rings. The standard InChI is InChI=1S/C14H21NO3/c1-6-18-14(16)13(15)12-8(2)7-11(17-5)9(3)10(12)4/h7,13H,6,15H2,1-5H3. The molecule has 4 heteroatoms. The van der Waals surface area contributed by atoms with Crippen LogP contribution in [0.2, 0.25) is 0 Å². The Kier molecular flexibility index (Phi) is 4.73. The first-order chi connectivity index (χ1) is 8.43. The van der Waals surface area contributed by atoms with Gasteiger partial charge in [-0.1, -0.05) is 0 Å². The van der Waals surface area contributed by atoms with Crippen molar-refractivity contribution in [3.8, 4) is 5.75 Å². The number of hydrogen-bond donors (Lipinski definition) is 1. The van der Waals surface area contributed by atoms with E-state index in [1.54, 1.807) is 14.0 Å². The van der Waals surface area contributed by atoms with E-state index in [9.17, 15) is 4.79 Å². The molecule has 0 aliphatic heterocycles. The van der Waals surface area contributed by atoms with Gasteiger partial charge in [-0.2, -0.15) is 0 Å². The molecule has 0 amide bonds. The minimum absolute atomic E-state index is 0.333. The van der Waals surface area contributed by atoms with Crippen LogP contribution in [-0.4, -0.2) is 19.7 Å². The first-order valence-corrected chi connectivity index (χ1v) is 6.00. The van der Waals surface area contributed by atoms with Crippen molar-refractivity contribution >= 4 is 5.97 Å². The largest absolute Gasteiger partial charge is 0.496 e. The second kappa shape index (κ2) is 5.87. The number of rotatable bonds is 4. The van der Waals surface area contributed by atoms with Crippen molar-refractivity contribution in [3.63, 3.8) is 0 Å². The summed E-state index contributed by atoms with van der Waals surface area (Å²) in [5.74, 6) is 0.415. The minimum atomic E-state index is -0.741. The monoisotopic (exact) mass is 251 g/mol. The van der Waals surface area contributed by atoms with Gasteiger partial charge in [0.2, 0.25) is 0 Å². The third kappa shape index (κ3) is 2.64. The van der Waals surface area contributed by atoms with Crippen LogP contribution in [0.1, 0.15) is 35.2 Å². The van der Waals surface area contributed by atoms with Gasteiger partial charge in [-0.3, -0.25) is 0 Å². The minimum Gasteiger partial charge on any atom is -0.496 e. The summed E-state index contributed by atoms with van der Waals surface area (Å²) in [6.45, 7) is 7.92. The topological polar surface area (TPSA) is 61.5 Å². The summed E-state index contributed by atoms with van der Waals surface area (Å²) in [7, 11) is 1.63. The van der Waals surface area contributed by atoms with E-state index in [4.69, 9.17) is 15.2 Å². The molecule has 1 aromatic carbocycles.